The van der Waals surface area contributed by atoms with Gasteiger partial charge in [-0.3, -0.25) is 0 Å². The van der Waals surface area contributed by atoms with Gasteiger partial charge in [0.05, 0.1) is 13.2 Å². The van der Waals surface area contributed by atoms with Crippen molar-refractivity contribution in [1.82, 2.24) is 5.32 Å². The highest BCUT2D eigenvalue weighted by Crippen LogP contribution is 2.30. The van der Waals surface area contributed by atoms with Crippen LogP contribution in [0.4, 0.5) is 4.39 Å². The van der Waals surface area contributed by atoms with Gasteiger partial charge >= 0.3 is 0 Å². The second-order valence-electron chi connectivity index (χ2n) is 4.48. The molecule has 0 fully saturated rings. The number of rotatable bonds is 4. The van der Waals surface area contributed by atoms with Crippen LogP contribution in [0, 0.1) is 19.7 Å². The van der Waals surface area contributed by atoms with Crippen molar-refractivity contribution in [3.63, 3.8) is 0 Å². The van der Waals surface area contributed by atoms with E-state index in [0.717, 1.165) is 22.6 Å². The molecule has 1 aromatic carbocycles. The molecule has 0 bridgehead atoms. The van der Waals surface area contributed by atoms with Gasteiger partial charge < -0.3 is 14.5 Å². The van der Waals surface area contributed by atoms with E-state index < -0.39 is 0 Å². The molecule has 0 aliphatic rings. The van der Waals surface area contributed by atoms with E-state index in [-0.39, 0.29) is 17.6 Å². The topological polar surface area (TPSA) is 34.4 Å². The fourth-order valence-electron chi connectivity index (χ4n) is 2.29. The molecule has 2 aromatic rings. The highest BCUT2D eigenvalue weighted by molar-refractivity contribution is 5.39. The zero-order chi connectivity index (χ0) is 14.0. The Balaban J connectivity index is 2.45. The van der Waals surface area contributed by atoms with E-state index in [1.807, 2.05) is 27.0 Å². The van der Waals surface area contributed by atoms with E-state index in [0.29, 0.717) is 0 Å². The number of halogens is 1. The van der Waals surface area contributed by atoms with Gasteiger partial charge in [0.25, 0.3) is 0 Å². The van der Waals surface area contributed by atoms with Crippen LogP contribution in [-0.4, -0.2) is 14.2 Å². The molecule has 102 valence electrons. The van der Waals surface area contributed by atoms with E-state index in [4.69, 9.17) is 9.15 Å². The minimum atomic E-state index is -0.360. The van der Waals surface area contributed by atoms with Gasteiger partial charge in [0.15, 0.2) is 11.6 Å². The number of aryl methyl sites for hydroxylation is 2. The average Bonchev–Trinajstić information content (AvgIpc) is 2.71. The summed E-state index contributed by atoms with van der Waals surface area (Å²) in [6.45, 7) is 3.84. The molecule has 19 heavy (non-hydrogen) atoms. The van der Waals surface area contributed by atoms with Crippen LogP contribution in [-0.2, 0) is 0 Å². The maximum Gasteiger partial charge on any atom is 0.165 e. The van der Waals surface area contributed by atoms with Gasteiger partial charge in [0.1, 0.15) is 11.5 Å². The molecule has 0 radical (unpaired) electrons. The number of hydrogen-bond acceptors (Lipinski definition) is 3. The van der Waals surface area contributed by atoms with Gasteiger partial charge in [-0.15, -0.1) is 0 Å². The molecule has 3 nitrogen and oxygen atoms in total. The van der Waals surface area contributed by atoms with Crippen molar-refractivity contribution >= 4 is 0 Å². The van der Waals surface area contributed by atoms with Gasteiger partial charge in [0, 0.05) is 5.56 Å². The normalized spacial score (nSPS) is 12.5. The van der Waals surface area contributed by atoms with Crippen LogP contribution < -0.4 is 10.1 Å². The molecule has 1 unspecified atom stereocenters. The lowest BCUT2D eigenvalue weighted by Gasteiger charge is -2.17. The van der Waals surface area contributed by atoms with Crippen molar-refractivity contribution in [3.8, 4) is 5.75 Å². The molecule has 0 amide bonds. The van der Waals surface area contributed by atoms with Crippen molar-refractivity contribution in [2.45, 2.75) is 19.9 Å². The Morgan fingerprint density at radius 1 is 1.26 bits per heavy atom. The third-order valence-electron chi connectivity index (χ3n) is 3.19. The molecule has 1 heterocycles. The minimum absolute atomic E-state index is 0.0491. The number of furan rings is 1. The Hall–Kier alpha value is -1.81. The molecule has 1 aromatic heterocycles. The molecular weight excluding hydrogens is 245 g/mol. The lowest BCUT2D eigenvalue weighted by Crippen LogP contribution is -2.18. The summed E-state index contributed by atoms with van der Waals surface area (Å²) in [5, 5.41) is 3.22. The second-order valence-corrected chi connectivity index (χ2v) is 4.48. The van der Waals surface area contributed by atoms with Crippen molar-refractivity contribution in [3.05, 3.63) is 52.7 Å². The fraction of sp³-hybridized carbons (Fsp3) is 0.333. The van der Waals surface area contributed by atoms with Crippen LogP contribution in [0.5, 0.6) is 5.75 Å². The molecule has 0 spiro atoms. The van der Waals surface area contributed by atoms with Gasteiger partial charge in [-0.2, -0.15) is 0 Å². The maximum absolute atomic E-state index is 13.5. The van der Waals surface area contributed by atoms with E-state index >= 15 is 0 Å². The molecule has 2 rings (SSSR count). The summed E-state index contributed by atoms with van der Waals surface area (Å²) < 4.78 is 24.0. The van der Waals surface area contributed by atoms with Crippen molar-refractivity contribution in [1.29, 1.82) is 0 Å². The smallest absolute Gasteiger partial charge is 0.165 e. The van der Waals surface area contributed by atoms with E-state index in [2.05, 4.69) is 5.32 Å². The van der Waals surface area contributed by atoms with E-state index in [1.165, 1.54) is 13.2 Å². The standard InChI is InChI=1S/C15H18FNO2/c1-9-7-12(10(2)19-9)15(17-3)11-5-6-13(16)14(8-11)18-4/h5-8,15,17H,1-4H3. The van der Waals surface area contributed by atoms with Crippen molar-refractivity contribution in [2.75, 3.05) is 14.2 Å². The zero-order valence-corrected chi connectivity index (χ0v) is 11.6. The average molecular weight is 263 g/mol. The molecule has 0 aliphatic heterocycles. The van der Waals surface area contributed by atoms with Crippen molar-refractivity contribution < 1.29 is 13.5 Å². The fourth-order valence-corrected chi connectivity index (χ4v) is 2.29. The minimum Gasteiger partial charge on any atom is -0.494 e. The monoisotopic (exact) mass is 263 g/mol. The van der Waals surface area contributed by atoms with Crippen LogP contribution in [0.3, 0.4) is 0 Å². The second kappa shape index (κ2) is 5.45. The van der Waals surface area contributed by atoms with Crippen molar-refractivity contribution in [2.24, 2.45) is 0 Å². The summed E-state index contributed by atoms with van der Waals surface area (Å²) in [5.74, 6) is 1.61. The summed E-state index contributed by atoms with van der Waals surface area (Å²) in [4.78, 5) is 0. The molecule has 4 heteroatoms. The number of hydrogen-bond donors (Lipinski definition) is 1. The molecule has 0 saturated carbocycles. The van der Waals surface area contributed by atoms with Gasteiger partial charge in [0.2, 0.25) is 0 Å². The lowest BCUT2D eigenvalue weighted by atomic mass is 9.99. The highest BCUT2D eigenvalue weighted by atomic mass is 19.1. The largest absolute Gasteiger partial charge is 0.494 e. The van der Waals surface area contributed by atoms with Gasteiger partial charge in [-0.1, -0.05) is 6.07 Å². The number of methoxy groups -OCH3 is 1. The maximum atomic E-state index is 13.5. The first kappa shape index (κ1) is 13.6. The summed E-state index contributed by atoms with van der Waals surface area (Å²) in [5.41, 5.74) is 1.98. The van der Waals surface area contributed by atoms with Crippen LogP contribution >= 0.6 is 0 Å². The lowest BCUT2D eigenvalue weighted by molar-refractivity contribution is 0.385. The molecule has 1 atom stereocenters. The third-order valence-corrected chi connectivity index (χ3v) is 3.19. The summed E-state index contributed by atoms with van der Waals surface area (Å²) >= 11 is 0. The Kier molecular flexibility index (Phi) is 3.90. The molecule has 0 aliphatic carbocycles. The summed E-state index contributed by atoms with van der Waals surface area (Å²) in [6.07, 6.45) is 0. The summed E-state index contributed by atoms with van der Waals surface area (Å²) in [7, 11) is 3.33. The van der Waals surface area contributed by atoms with Crippen LogP contribution in [0.25, 0.3) is 0 Å². The van der Waals surface area contributed by atoms with Gasteiger partial charge in [-0.25, -0.2) is 4.39 Å². The third kappa shape index (κ3) is 2.63. The van der Waals surface area contributed by atoms with E-state index in [9.17, 15) is 4.39 Å². The Bertz CT molecular complexity index is 578. The quantitative estimate of drug-likeness (QED) is 0.918. The highest BCUT2D eigenvalue weighted by Gasteiger charge is 2.19. The molecular formula is C15H18FNO2. The SMILES string of the molecule is CNC(c1ccc(F)c(OC)c1)c1cc(C)oc1C. The number of benzene rings is 1. The van der Waals surface area contributed by atoms with Crippen LogP contribution in [0.15, 0.2) is 28.7 Å². The predicted octanol–water partition coefficient (Wildman–Crippen LogP) is 3.35. The first-order valence-electron chi connectivity index (χ1n) is 6.14. The van der Waals surface area contributed by atoms with Crippen LogP contribution in [0.1, 0.15) is 28.7 Å². The summed E-state index contributed by atoms with van der Waals surface area (Å²) in [6, 6.07) is 6.82. The Morgan fingerprint density at radius 3 is 2.53 bits per heavy atom. The molecule has 1 N–H and O–H groups in total. The first-order chi connectivity index (χ1) is 9.06. The number of ether oxygens (including phenoxy) is 1. The Labute approximate surface area is 112 Å². The van der Waals surface area contributed by atoms with E-state index in [1.54, 1.807) is 12.1 Å². The first-order valence-corrected chi connectivity index (χ1v) is 6.14. The predicted molar refractivity (Wildman–Crippen MR) is 72.0 cm³/mol. The Morgan fingerprint density at radius 2 is 2.00 bits per heavy atom. The van der Waals surface area contributed by atoms with Crippen LogP contribution in [0.2, 0.25) is 0 Å². The molecule has 0 saturated heterocycles. The van der Waals surface area contributed by atoms with Gasteiger partial charge in [-0.05, 0) is 44.7 Å². The zero-order valence-electron chi connectivity index (χ0n) is 11.6. The number of nitrogens with one attached hydrogen (secondary N) is 1.